The Morgan fingerprint density at radius 1 is 1.00 bits per heavy atom. The van der Waals surface area contributed by atoms with Crippen molar-refractivity contribution in [2.24, 2.45) is 0 Å². The molecule has 0 saturated carbocycles. The third kappa shape index (κ3) is 1.60. The summed E-state index contributed by atoms with van der Waals surface area (Å²) >= 11 is 1.14. The number of hydrogen-bond donors (Lipinski definition) is 0. The molecule has 0 aliphatic carbocycles. The molecule has 0 saturated heterocycles. The highest BCUT2D eigenvalue weighted by atomic mass is 32.1. The molecule has 85 valence electrons. The van der Waals surface area contributed by atoms with Gasteiger partial charge in [-0.3, -0.25) is 0 Å². The van der Waals surface area contributed by atoms with Crippen LogP contribution in [0.25, 0.3) is 20.2 Å². The zero-order valence-electron chi connectivity index (χ0n) is 8.51. The Balaban J connectivity index is 2.48. The first-order valence-electron chi connectivity index (χ1n) is 4.96. The van der Waals surface area contributed by atoms with Crippen LogP contribution < -0.4 is 0 Å². The quantitative estimate of drug-likeness (QED) is 0.534. The molecule has 17 heavy (non-hydrogen) atoms. The van der Waals surface area contributed by atoms with Gasteiger partial charge in [-0.25, -0.2) is 0 Å². The van der Waals surface area contributed by atoms with E-state index in [2.05, 4.69) is 6.07 Å². The highest BCUT2D eigenvalue weighted by Gasteiger charge is 2.33. The molecule has 0 aliphatic rings. The SMILES string of the molecule is FC(F)(F)c1cccc2c1sc1[c]cccc12. The van der Waals surface area contributed by atoms with Gasteiger partial charge in [-0.1, -0.05) is 30.3 Å². The van der Waals surface area contributed by atoms with Crippen LogP contribution in [0.3, 0.4) is 0 Å². The molecule has 0 nitrogen and oxygen atoms in total. The highest BCUT2D eigenvalue weighted by molar-refractivity contribution is 7.26. The lowest BCUT2D eigenvalue weighted by atomic mass is 10.1. The van der Waals surface area contributed by atoms with Gasteiger partial charge in [0, 0.05) is 26.2 Å². The number of halogens is 3. The van der Waals surface area contributed by atoms with Gasteiger partial charge in [-0.05, 0) is 6.07 Å². The van der Waals surface area contributed by atoms with Crippen molar-refractivity contribution in [3.8, 4) is 0 Å². The smallest absolute Gasteiger partial charge is 0.166 e. The average molecular weight is 251 g/mol. The zero-order chi connectivity index (χ0) is 12.0. The molecular formula is C13H6F3S. The van der Waals surface area contributed by atoms with Gasteiger partial charge >= 0.3 is 6.18 Å². The van der Waals surface area contributed by atoms with Crippen LogP contribution in [0.1, 0.15) is 5.56 Å². The van der Waals surface area contributed by atoms with Gasteiger partial charge in [-0.15, -0.1) is 11.3 Å². The van der Waals surface area contributed by atoms with Gasteiger partial charge in [-0.2, -0.15) is 13.2 Å². The van der Waals surface area contributed by atoms with Gasteiger partial charge < -0.3 is 0 Å². The summed E-state index contributed by atoms with van der Waals surface area (Å²) in [6.45, 7) is 0. The fraction of sp³-hybridized carbons (Fsp3) is 0.0769. The first-order chi connectivity index (χ1) is 8.07. The van der Waals surface area contributed by atoms with Crippen LogP contribution in [-0.2, 0) is 6.18 Å². The average Bonchev–Trinajstić information content (AvgIpc) is 2.65. The second kappa shape index (κ2) is 3.47. The van der Waals surface area contributed by atoms with E-state index in [1.807, 2.05) is 6.07 Å². The maximum Gasteiger partial charge on any atom is 0.417 e. The summed E-state index contributed by atoms with van der Waals surface area (Å²) < 4.78 is 39.6. The predicted molar refractivity (Wildman–Crippen MR) is 63.2 cm³/mol. The van der Waals surface area contributed by atoms with E-state index in [1.54, 1.807) is 18.2 Å². The van der Waals surface area contributed by atoms with Crippen LogP contribution in [0.15, 0.2) is 36.4 Å². The Labute approximate surface area is 99.3 Å². The van der Waals surface area contributed by atoms with E-state index in [-0.39, 0.29) is 4.70 Å². The first-order valence-corrected chi connectivity index (χ1v) is 5.78. The molecule has 0 aliphatic heterocycles. The molecule has 0 amide bonds. The molecule has 0 atom stereocenters. The van der Waals surface area contributed by atoms with Gasteiger partial charge in [0.15, 0.2) is 0 Å². The molecule has 2 aromatic carbocycles. The molecule has 3 rings (SSSR count). The van der Waals surface area contributed by atoms with Gasteiger partial charge in [0.25, 0.3) is 0 Å². The monoisotopic (exact) mass is 251 g/mol. The molecule has 1 heterocycles. The second-order valence-corrected chi connectivity index (χ2v) is 4.72. The maximum absolute atomic E-state index is 12.8. The van der Waals surface area contributed by atoms with Crippen molar-refractivity contribution in [1.82, 2.24) is 0 Å². The topological polar surface area (TPSA) is 0 Å². The molecule has 0 spiro atoms. The lowest BCUT2D eigenvalue weighted by Gasteiger charge is -2.06. The minimum absolute atomic E-state index is 0.289. The summed E-state index contributed by atoms with van der Waals surface area (Å²) in [6.07, 6.45) is -4.31. The third-order valence-corrected chi connectivity index (χ3v) is 3.82. The van der Waals surface area contributed by atoms with Crippen LogP contribution in [-0.4, -0.2) is 0 Å². The minimum Gasteiger partial charge on any atom is -0.166 e. The van der Waals surface area contributed by atoms with Crippen molar-refractivity contribution in [2.75, 3.05) is 0 Å². The Hall–Kier alpha value is -1.55. The van der Waals surface area contributed by atoms with E-state index in [0.29, 0.717) is 5.39 Å². The normalized spacial score (nSPS) is 12.4. The molecule has 3 aromatic rings. The number of hydrogen-bond acceptors (Lipinski definition) is 1. The van der Waals surface area contributed by atoms with E-state index in [1.165, 1.54) is 6.07 Å². The van der Waals surface area contributed by atoms with Crippen LogP contribution in [0.5, 0.6) is 0 Å². The Morgan fingerprint density at radius 2 is 1.76 bits per heavy atom. The van der Waals surface area contributed by atoms with E-state index in [4.69, 9.17) is 0 Å². The van der Waals surface area contributed by atoms with Crippen molar-refractivity contribution >= 4 is 31.5 Å². The standard InChI is InChI=1S/C13H6F3S/c14-13(15,16)10-6-3-5-9-8-4-1-2-7-11(8)17-12(9)10/h1-6H. The van der Waals surface area contributed by atoms with Crippen LogP contribution in [0.2, 0.25) is 0 Å². The number of benzene rings is 2. The van der Waals surface area contributed by atoms with E-state index >= 15 is 0 Å². The summed E-state index contributed by atoms with van der Waals surface area (Å²) in [5.41, 5.74) is -0.565. The molecule has 0 fully saturated rings. The molecule has 1 radical (unpaired) electrons. The number of rotatable bonds is 0. The molecule has 0 unspecified atom stereocenters. The third-order valence-electron chi connectivity index (χ3n) is 2.63. The first kappa shape index (κ1) is 10.6. The Morgan fingerprint density at radius 3 is 2.53 bits per heavy atom. The van der Waals surface area contributed by atoms with Crippen molar-refractivity contribution < 1.29 is 13.2 Å². The summed E-state index contributed by atoms with van der Waals surface area (Å²) in [4.78, 5) is 0. The van der Waals surface area contributed by atoms with Gasteiger partial charge in [0.1, 0.15) is 0 Å². The molecule has 4 heteroatoms. The van der Waals surface area contributed by atoms with Gasteiger partial charge in [0.05, 0.1) is 5.56 Å². The predicted octanol–water partition coefficient (Wildman–Crippen LogP) is 4.87. The molecule has 1 aromatic heterocycles. The Kier molecular flexibility index (Phi) is 2.16. The maximum atomic E-state index is 12.8. The van der Waals surface area contributed by atoms with Crippen molar-refractivity contribution in [3.63, 3.8) is 0 Å². The largest absolute Gasteiger partial charge is 0.417 e. The lowest BCUT2D eigenvalue weighted by Crippen LogP contribution is -2.04. The van der Waals surface area contributed by atoms with Crippen LogP contribution >= 0.6 is 11.3 Å². The fourth-order valence-electron chi connectivity index (χ4n) is 1.90. The van der Waals surface area contributed by atoms with Crippen molar-refractivity contribution in [3.05, 3.63) is 48.0 Å². The van der Waals surface area contributed by atoms with Crippen molar-refractivity contribution in [1.29, 1.82) is 0 Å². The number of fused-ring (bicyclic) bond motifs is 3. The summed E-state index contributed by atoms with van der Waals surface area (Å²) in [5, 5.41) is 1.48. The fourth-order valence-corrected chi connectivity index (χ4v) is 3.10. The number of thiophene rings is 1. The van der Waals surface area contributed by atoms with Crippen molar-refractivity contribution in [2.45, 2.75) is 6.18 Å². The van der Waals surface area contributed by atoms with Gasteiger partial charge in [0.2, 0.25) is 0 Å². The van der Waals surface area contributed by atoms with Crippen LogP contribution in [0, 0.1) is 6.07 Å². The minimum atomic E-state index is -4.31. The molecule has 0 bridgehead atoms. The molecular weight excluding hydrogens is 245 g/mol. The highest BCUT2D eigenvalue weighted by Crippen LogP contribution is 2.41. The Bertz CT molecular complexity index is 695. The van der Waals surface area contributed by atoms with Crippen LogP contribution in [0.4, 0.5) is 13.2 Å². The van der Waals surface area contributed by atoms with E-state index in [0.717, 1.165) is 27.5 Å². The number of alkyl halides is 3. The second-order valence-electron chi connectivity index (χ2n) is 3.69. The molecule has 0 N–H and O–H groups in total. The summed E-state index contributed by atoms with van der Waals surface area (Å²) in [7, 11) is 0. The lowest BCUT2D eigenvalue weighted by molar-refractivity contribution is -0.136. The zero-order valence-corrected chi connectivity index (χ0v) is 9.32. The van der Waals surface area contributed by atoms with E-state index < -0.39 is 11.7 Å². The van der Waals surface area contributed by atoms with E-state index in [9.17, 15) is 13.2 Å². The summed E-state index contributed by atoms with van der Waals surface area (Å²) in [6, 6.07) is 12.6. The summed E-state index contributed by atoms with van der Waals surface area (Å²) in [5.74, 6) is 0.